The first kappa shape index (κ1) is 15.7. The fourth-order valence-corrected chi connectivity index (χ4v) is 3.27. The fourth-order valence-electron chi connectivity index (χ4n) is 3.27. The number of aromatic nitrogens is 1. The molecule has 2 aromatic rings. The molecule has 4 heteroatoms. The molecule has 0 bridgehead atoms. The minimum atomic E-state index is -0.0136. The third-order valence-electron chi connectivity index (χ3n) is 4.46. The lowest BCUT2D eigenvalue weighted by Crippen LogP contribution is -2.47. The van der Waals surface area contributed by atoms with Gasteiger partial charge in [0.25, 0.3) is 0 Å². The number of rotatable bonds is 4. The SMILES string of the molecule is CCCCNC(=O)N1CCn2cccc2C1c1cccc(C)c1. The van der Waals surface area contributed by atoms with E-state index in [1.54, 1.807) is 0 Å². The largest absolute Gasteiger partial charge is 0.348 e. The van der Waals surface area contributed by atoms with Gasteiger partial charge in [0.2, 0.25) is 0 Å². The predicted molar refractivity (Wildman–Crippen MR) is 92.5 cm³/mol. The normalized spacial score (nSPS) is 17.0. The summed E-state index contributed by atoms with van der Waals surface area (Å²) >= 11 is 0. The Bertz CT molecular complexity index is 677. The summed E-state index contributed by atoms with van der Waals surface area (Å²) in [7, 11) is 0. The number of urea groups is 1. The van der Waals surface area contributed by atoms with Crippen molar-refractivity contribution >= 4 is 6.03 Å². The number of hydrogen-bond donors (Lipinski definition) is 1. The van der Waals surface area contributed by atoms with Gasteiger partial charge in [-0.05, 0) is 31.0 Å². The van der Waals surface area contributed by atoms with Crippen LogP contribution in [0.1, 0.15) is 42.6 Å². The van der Waals surface area contributed by atoms with Crippen molar-refractivity contribution in [2.24, 2.45) is 0 Å². The van der Waals surface area contributed by atoms with Crippen LogP contribution >= 0.6 is 0 Å². The van der Waals surface area contributed by atoms with Gasteiger partial charge in [-0.15, -0.1) is 0 Å². The highest BCUT2D eigenvalue weighted by Crippen LogP contribution is 2.32. The van der Waals surface area contributed by atoms with Gasteiger partial charge in [0.15, 0.2) is 0 Å². The average Bonchev–Trinajstić information content (AvgIpc) is 3.02. The van der Waals surface area contributed by atoms with Crippen LogP contribution in [0.25, 0.3) is 0 Å². The van der Waals surface area contributed by atoms with E-state index in [2.05, 4.69) is 66.3 Å². The summed E-state index contributed by atoms with van der Waals surface area (Å²) in [6, 6.07) is 12.7. The van der Waals surface area contributed by atoms with E-state index in [9.17, 15) is 4.79 Å². The molecule has 0 spiro atoms. The molecule has 1 aromatic carbocycles. The Morgan fingerprint density at radius 3 is 2.91 bits per heavy atom. The third-order valence-corrected chi connectivity index (χ3v) is 4.46. The van der Waals surface area contributed by atoms with Crippen molar-refractivity contribution in [2.75, 3.05) is 13.1 Å². The molecule has 3 rings (SSSR count). The number of carbonyl (C=O) groups excluding carboxylic acids is 1. The van der Waals surface area contributed by atoms with Crippen molar-refractivity contribution in [1.82, 2.24) is 14.8 Å². The van der Waals surface area contributed by atoms with Crippen molar-refractivity contribution in [3.63, 3.8) is 0 Å². The lowest BCUT2D eigenvalue weighted by molar-refractivity contribution is 0.168. The lowest BCUT2D eigenvalue weighted by atomic mass is 9.98. The highest BCUT2D eigenvalue weighted by Gasteiger charge is 2.31. The molecular weight excluding hydrogens is 286 g/mol. The highest BCUT2D eigenvalue weighted by molar-refractivity contribution is 5.75. The molecule has 1 aliphatic rings. The Kier molecular flexibility index (Phi) is 4.70. The molecule has 1 N–H and O–H groups in total. The van der Waals surface area contributed by atoms with E-state index in [4.69, 9.17) is 0 Å². The maximum atomic E-state index is 12.7. The molecule has 2 amide bonds. The summed E-state index contributed by atoms with van der Waals surface area (Å²) in [5.41, 5.74) is 3.58. The minimum absolute atomic E-state index is 0.0136. The summed E-state index contributed by atoms with van der Waals surface area (Å²) in [5.74, 6) is 0. The quantitative estimate of drug-likeness (QED) is 0.859. The van der Waals surface area contributed by atoms with Crippen LogP contribution in [0.15, 0.2) is 42.6 Å². The van der Waals surface area contributed by atoms with E-state index in [0.717, 1.165) is 32.5 Å². The maximum Gasteiger partial charge on any atom is 0.318 e. The molecule has 1 unspecified atom stereocenters. The Balaban J connectivity index is 1.91. The lowest BCUT2D eigenvalue weighted by Gasteiger charge is -2.37. The molecule has 1 aliphatic heterocycles. The number of aryl methyl sites for hydroxylation is 1. The van der Waals surface area contributed by atoms with E-state index in [1.165, 1.54) is 16.8 Å². The zero-order valence-electron chi connectivity index (χ0n) is 14.0. The number of amides is 2. The molecule has 1 aromatic heterocycles. The van der Waals surface area contributed by atoms with Crippen molar-refractivity contribution in [3.05, 3.63) is 59.4 Å². The van der Waals surface area contributed by atoms with Crippen LogP contribution in [0.5, 0.6) is 0 Å². The Morgan fingerprint density at radius 1 is 1.26 bits per heavy atom. The van der Waals surface area contributed by atoms with Crippen LogP contribution in [0, 0.1) is 6.92 Å². The average molecular weight is 311 g/mol. The summed E-state index contributed by atoms with van der Waals surface area (Å²) in [6.07, 6.45) is 4.21. The Morgan fingerprint density at radius 2 is 2.13 bits per heavy atom. The van der Waals surface area contributed by atoms with Gasteiger partial charge in [0.05, 0.1) is 6.04 Å². The standard InChI is InChI=1S/C19H25N3O/c1-3-4-10-20-19(23)22-13-12-21-11-6-9-17(21)18(22)16-8-5-7-15(2)14-16/h5-9,11,14,18H,3-4,10,12-13H2,1-2H3,(H,20,23). The molecule has 0 saturated heterocycles. The van der Waals surface area contributed by atoms with Crippen molar-refractivity contribution in [2.45, 2.75) is 39.3 Å². The smallest absolute Gasteiger partial charge is 0.318 e. The third kappa shape index (κ3) is 3.26. The number of benzene rings is 1. The maximum absolute atomic E-state index is 12.7. The Hall–Kier alpha value is -2.23. The van der Waals surface area contributed by atoms with Gasteiger partial charge in [-0.1, -0.05) is 43.2 Å². The second kappa shape index (κ2) is 6.90. The van der Waals surface area contributed by atoms with Gasteiger partial charge >= 0.3 is 6.03 Å². The van der Waals surface area contributed by atoms with Crippen molar-refractivity contribution in [3.8, 4) is 0 Å². The molecule has 0 radical (unpaired) electrons. The molecule has 2 heterocycles. The van der Waals surface area contributed by atoms with Crippen molar-refractivity contribution < 1.29 is 4.79 Å². The van der Waals surface area contributed by atoms with Gasteiger partial charge in [-0.3, -0.25) is 0 Å². The van der Waals surface area contributed by atoms with Crippen LogP contribution in [-0.2, 0) is 6.54 Å². The second-order valence-electron chi connectivity index (χ2n) is 6.22. The summed E-state index contributed by atoms with van der Waals surface area (Å²) < 4.78 is 2.25. The number of carbonyl (C=O) groups is 1. The Labute approximate surface area is 138 Å². The van der Waals surface area contributed by atoms with Crippen LogP contribution in [0.3, 0.4) is 0 Å². The van der Waals surface area contributed by atoms with E-state index < -0.39 is 0 Å². The van der Waals surface area contributed by atoms with Crippen LogP contribution in [0.4, 0.5) is 4.79 Å². The second-order valence-corrected chi connectivity index (χ2v) is 6.22. The molecule has 0 fully saturated rings. The first-order valence-electron chi connectivity index (χ1n) is 8.46. The number of unbranched alkanes of at least 4 members (excludes halogenated alkanes) is 1. The zero-order chi connectivity index (χ0) is 16.2. The highest BCUT2D eigenvalue weighted by atomic mass is 16.2. The van der Waals surface area contributed by atoms with Crippen molar-refractivity contribution in [1.29, 1.82) is 0 Å². The number of hydrogen-bond acceptors (Lipinski definition) is 1. The molecule has 4 nitrogen and oxygen atoms in total. The van der Waals surface area contributed by atoms with Gasteiger partial charge in [-0.25, -0.2) is 4.79 Å². The molecule has 122 valence electrons. The zero-order valence-corrected chi connectivity index (χ0v) is 14.0. The van der Waals surface area contributed by atoms with E-state index in [1.807, 2.05) is 4.90 Å². The number of fused-ring (bicyclic) bond motifs is 1. The summed E-state index contributed by atoms with van der Waals surface area (Å²) in [5, 5.41) is 3.07. The monoisotopic (exact) mass is 311 g/mol. The first-order chi connectivity index (χ1) is 11.2. The van der Waals surface area contributed by atoms with Crippen LogP contribution < -0.4 is 5.32 Å². The molecule has 0 aliphatic carbocycles. The first-order valence-corrected chi connectivity index (χ1v) is 8.46. The molecule has 0 saturated carbocycles. The topological polar surface area (TPSA) is 37.3 Å². The predicted octanol–water partition coefficient (Wildman–Crippen LogP) is 3.71. The number of nitrogens with zero attached hydrogens (tertiary/aromatic N) is 2. The fraction of sp³-hybridized carbons (Fsp3) is 0.421. The van der Waals surface area contributed by atoms with E-state index in [-0.39, 0.29) is 12.1 Å². The van der Waals surface area contributed by atoms with Crippen LogP contribution in [-0.4, -0.2) is 28.6 Å². The van der Waals surface area contributed by atoms with Gasteiger partial charge < -0.3 is 14.8 Å². The molecule has 1 atom stereocenters. The molecular formula is C19H25N3O. The van der Waals surface area contributed by atoms with E-state index in [0.29, 0.717) is 0 Å². The summed E-state index contributed by atoms with van der Waals surface area (Å²) in [6.45, 7) is 6.56. The van der Waals surface area contributed by atoms with Gasteiger partial charge in [0, 0.05) is 31.5 Å². The summed E-state index contributed by atoms with van der Waals surface area (Å²) in [4.78, 5) is 14.7. The number of nitrogens with one attached hydrogen (secondary N) is 1. The van der Waals surface area contributed by atoms with Gasteiger partial charge in [0.1, 0.15) is 0 Å². The minimum Gasteiger partial charge on any atom is -0.348 e. The van der Waals surface area contributed by atoms with Gasteiger partial charge in [-0.2, -0.15) is 0 Å². The van der Waals surface area contributed by atoms with E-state index >= 15 is 0 Å². The molecule has 23 heavy (non-hydrogen) atoms. The van der Waals surface area contributed by atoms with Crippen LogP contribution in [0.2, 0.25) is 0 Å².